The number of hydrogen-bond acceptors (Lipinski definition) is 4. The Labute approximate surface area is 81.0 Å². The van der Waals surface area contributed by atoms with Crippen LogP contribution < -0.4 is 10.2 Å². The predicted octanol–water partition coefficient (Wildman–Crippen LogP) is 0.364. The second kappa shape index (κ2) is 3.34. The Kier molecular flexibility index (Phi) is 2.03. The van der Waals surface area contributed by atoms with E-state index in [1.54, 1.807) is 23.4 Å². The third kappa shape index (κ3) is 1.38. The third-order valence-electron chi connectivity index (χ3n) is 2.01. The van der Waals surface area contributed by atoms with Crippen LogP contribution in [-0.4, -0.2) is 24.0 Å². The molecule has 2 heterocycles. The van der Waals surface area contributed by atoms with Gasteiger partial charge in [-0.2, -0.15) is 5.26 Å². The highest BCUT2D eigenvalue weighted by Crippen LogP contribution is 2.27. The van der Waals surface area contributed by atoms with Gasteiger partial charge in [0.05, 0.1) is 30.2 Å². The maximum absolute atomic E-state index is 11.2. The fraction of sp³-hybridized carbons (Fsp3) is 0.222. The lowest BCUT2D eigenvalue weighted by molar-refractivity contribution is -0.115. The first-order chi connectivity index (χ1) is 6.81. The van der Waals surface area contributed by atoms with Crippen LogP contribution >= 0.6 is 0 Å². The highest BCUT2D eigenvalue weighted by Gasteiger charge is 2.21. The average molecular weight is 188 g/mol. The molecule has 0 aromatic carbocycles. The van der Waals surface area contributed by atoms with E-state index in [0.717, 1.165) is 5.69 Å². The van der Waals surface area contributed by atoms with Crippen LogP contribution in [0.4, 0.5) is 11.4 Å². The number of nitrogens with zero attached hydrogens (tertiary/aromatic N) is 3. The number of carbonyl (C=O) groups excluding carboxylic acids is 1. The first-order valence-corrected chi connectivity index (χ1v) is 4.17. The number of hydrogen-bond donors (Lipinski definition) is 1. The van der Waals surface area contributed by atoms with Gasteiger partial charge < -0.3 is 10.2 Å². The molecule has 0 aliphatic carbocycles. The van der Waals surface area contributed by atoms with Gasteiger partial charge in [-0.1, -0.05) is 0 Å². The molecular weight excluding hydrogens is 180 g/mol. The molecule has 5 heteroatoms. The number of amides is 1. The van der Waals surface area contributed by atoms with Crippen molar-refractivity contribution >= 4 is 17.3 Å². The van der Waals surface area contributed by atoms with Gasteiger partial charge in [0.1, 0.15) is 6.54 Å². The molecule has 5 nitrogen and oxygen atoms in total. The number of rotatable bonds is 1. The molecule has 2 rings (SSSR count). The standard InChI is InChI=1S/C9H8N4O/c10-2-4-13-6-9(14)12-7-1-3-11-5-8(7)13/h1,3,5H,4,6H2,(H,12,14). The number of anilines is 2. The van der Waals surface area contributed by atoms with E-state index >= 15 is 0 Å². The lowest BCUT2D eigenvalue weighted by Crippen LogP contribution is -2.38. The largest absolute Gasteiger partial charge is 0.346 e. The Bertz CT molecular complexity index is 410. The van der Waals surface area contributed by atoms with Crippen molar-refractivity contribution in [2.75, 3.05) is 23.3 Å². The second-order valence-corrected chi connectivity index (χ2v) is 2.96. The smallest absolute Gasteiger partial charge is 0.243 e. The summed E-state index contributed by atoms with van der Waals surface area (Å²) < 4.78 is 0. The van der Waals surface area contributed by atoms with Gasteiger partial charge in [-0.25, -0.2) is 0 Å². The maximum Gasteiger partial charge on any atom is 0.243 e. The Hall–Kier alpha value is -2.09. The van der Waals surface area contributed by atoms with Gasteiger partial charge in [0, 0.05) is 6.20 Å². The van der Waals surface area contributed by atoms with Crippen molar-refractivity contribution < 1.29 is 4.79 Å². The Morgan fingerprint density at radius 3 is 3.36 bits per heavy atom. The van der Waals surface area contributed by atoms with Crippen LogP contribution in [0.5, 0.6) is 0 Å². The van der Waals surface area contributed by atoms with E-state index in [1.807, 2.05) is 6.07 Å². The minimum atomic E-state index is -0.0982. The number of fused-ring (bicyclic) bond motifs is 1. The molecule has 1 amide bonds. The average Bonchev–Trinajstić information content (AvgIpc) is 2.18. The molecule has 0 unspecified atom stereocenters. The summed E-state index contributed by atoms with van der Waals surface area (Å²) in [5.74, 6) is -0.0982. The molecule has 1 aliphatic rings. The molecule has 0 spiro atoms. The van der Waals surface area contributed by atoms with Crippen LogP contribution in [-0.2, 0) is 4.79 Å². The number of pyridine rings is 1. The number of nitriles is 1. The van der Waals surface area contributed by atoms with E-state index < -0.39 is 0 Å². The van der Waals surface area contributed by atoms with E-state index in [4.69, 9.17) is 5.26 Å². The molecule has 0 radical (unpaired) electrons. The van der Waals surface area contributed by atoms with Crippen molar-refractivity contribution in [3.63, 3.8) is 0 Å². The lowest BCUT2D eigenvalue weighted by Gasteiger charge is -2.27. The van der Waals surface area contributed by atoms with Gasteiger partial charge in [-0.3, -0.25) is 9.78 Å². The van der Waals surface area contributed by atoms with E-state index in [9.17, 15) is 4.79 Å². The van der Waals surface area contributed by atoms with Crippen LogP contribution in [0, 0.1) is 11.3 Å². The van der Waals surface area contributed by atoms with E-state index in [2.05, 4.69) is 10.3 Å². The molecule has 1 aromatic heterocycles. The van der Waals surface area contributed by atoms with Gasteiger partial charge in [0.15, 0.2) is 0 Å². The van der Waals surface area contributed by atoms with Crippen LogP contribution in [0.25, 0.3) is 0 Å². The normalized spacial score (nSPS) is 14.2. The molecule has 70 valence electrons. The van der Waals surface area contributed by atoms with Crippen LogP contribution in [0.15, 0.2) is 18.5 Å². The van der Waals surface area contributed by atoms with Crippen molar-refractivity contribution in [1.29, 1.82) is 5.26 Å². The maximum atomic E-state index is 11.2. The van der Waals surface area contributed by atoms with Gasteiger partial charge in [0.2, 0.25) is 5.91 Å². The quantitative estimate of drug-likeness (QED) is 0.646. The number of aromatic nitrogens is 1. The third-order valence-corrected chi connectivity index (χ3v) is 2.01. The van der Waals surface area contributed by atoms with Crippen molar-refractivity contribution in [3.8, 4) is 6.07 Å². The van der Waals surface area contributed by atoms with E-state index in [-0.39, 0.29) is 19.0 Å². The van der Waals surface area contributed by atoms with Crippen LogP contribution in [0.3, 0.4) is 0 Å². The zero-order valence-electron chi connectivity index (χ0n) is 7.40. The van der Waals surface area contributed by atoms with Gasteiger partial charge in [-0.15, -0.1) is 0 Å². The highest BCUT2D eigenvalue weighted by atomic mass is 16.2. The summed E-state index contributed by atoms with van der Waals surface area (Å²) >= 11 is 0. The SMILES string of the molecule is N#CCN1CC(=O)Nc2ccncc21. The first-order valence-electron chi connectivity index (χ1n) is 4.17. The predicted molar refractivity (Wildman–Crippen MR) is 50.7 cm³/mol. The van der Waals surface area contributed by atoms with Crippen molar-refractivity contribution in [3.05, 3.63) is 18.5 Å². The minimum Gasteiger partial charge on any atom is -0.346 e. The molecule has 0 atom stereocenters. The molecular formula is C9H8N4O. The van der Waals surface area contributed by atoms with Crippen molar-refractivity contribution in [1.82, 2.24) is 4.98 Å². The fourth-order valence-electron chi connectivity index (χ4n) is 1.42. The summed E-state index contributed by atoms with van der Waals surface area (Å²) in [6, 6.07) is 3.74. The molecule has 1 aliphatic heterocycles. The Balaban J connectivity index is 2.39. The summed E-state index contributed by atoms with van der Waals surface area (Å²) in [7, 11) is 0. The van der Waals surface area contributed by atoms with Gasteiger partial charge in [0.25, 0.3) is 0 Å². The van der Waals surface area contributed by atoms with Crippen LogP contribution in [0.1, 0.15) is 0 Å². The van der Waals surface area contributed by atoms with Crippen molar-refractivity contribution in [2.45, 2.75) is 0 Å². The molecule has 0 saturated heterocycles. The summed E-state index contributed by atoms with van der Waals surface area (Å²) in [4.78, 5) is 16.9. The molecule has 1 aromatic rings. The summed E-state index contributed by atoms with van der Waals surface area (Å²) in [6.07, 6.45) is 3.25. The zero-order chi connectivity index (χ0) is 9.97. The van der Waals surface area contributed by atoms with E-state index in [1.165, 1.54) is 0 Å². The minimum absolute atomic E-state index is 0.0982. The van der Waals surface area contributed by atoms with Crippen LogP contribution in [0.2, 0.25) is 0 Å². The molecule has 0 saturated carbocycles. The Morgan fingerprint density at radius 2 is 2.57 bits per heavy atom. The lowest BCUT2D eigenvalue weighted by atomic mass is 10.2. The first kappa shape index (κ1) is 8.51. The summed E-state index contributed by atoms with van der Waals surface area (Å²) in [5, 5.41) is 11.3. The monoisotopic (exact) mass is 188 g/mol. The van der Waals surface area contributed by atoms with Gasteiger partial charge in [-0.05, 0) is 6.07 Å². The second-order valence-electron chi connectivity index (χ2n) is 2.96. The highest BCUT2D eigenvalue weighted by molar-refractivity contribution is 6.00. The van der Waals surface area contributed by atoms with E-state index in [0.29, 0.717) is 5.69 Å². The number of nitrogens with one attached hydrogen (secondary N) is 1. The fourth-order valence-corrected chi connectivity index (χ4v) is 1.42. The van der Waals surface area contributed by atoms with Crippen molar-refractivity contribution in [2.24, 2.45) is 0 Å². The molecule has 0 fully saturated rings. The number of carbonyl (C=O) groups is 1. The van der Waals surface area contributed by atoms with Gasteiger partial charge >= 0.3 is 0 Å². The Morgan fingerprint density at radius 1 is 1.71 bits per heavy atom. The molecule has 14 heavy (non-hydrogen) atoms. The zero-order valence-corrected chi connectivity index (χ0v) is 7.40. The topological polar surface area (TPSA) is 69.0 Å². The molecule has 1 N–H and O–H groups in total. The summed E-state index contributed by atoms with van der Waals surface area (Å²) in [6.45, 7) is 0.415. The molecule has 0 bridgehead atoms. The summed E-state index contributed by atoms with van der Waals surface area (Å²) in [5.41, 5.74) is 1.51.